The Morgan fingerprint density at radius 2 is 1.95 bits per heavy atom. The van der Waals surface area contributed by atoms with Crippen LogP contribution in [0, 0.1) is 11.3 Å². The summed E-state index contributed by atoms with van der Waals surface area (Å²) in [4.78, 5) is 0. The van der Waals surface area contributed by atoms with Gasteiger partial charge in [0.1, 0.15) is 0 Å². The fourth-order valence-corrected chi connectivity index (χ4v) is 1.97. The van der Waals surface area contributed by atoms with Gasteiger partial charge < -0.3 is 16.4 Å². The van der Waals surface area contributed by atoms with Gasteiger partial charge in [-0.05, 0) is 32.1 Å². The minimum Gasteiger partial charge on any atom is -0.382 e. The highest BCUT2D eigenvalue weighted by Crippen LogP contribution is 2.16. The minimum absolute atomic E-state index is 0.0380. The van der Waals surface area contributed by atoms with E-state index in [1.54, 1.807) is 0 Å². The molecule has 2 unspecified atom stereocenters. The molecule has 0 saturated heterocycles. The van der Waals surface area contributed by atoms with Crippen molar-refractivity contribution < 1.29 is 0 Å². The largest absolute Gasteiger partial charge is 0.382 e. The average molecular weight is 266 g/mol. The number of guanidine groups is 1. The van der Waals surface area contributed by atoms with Crippen molar-refractivity contribution in [1.82, 2.24) is 10.6 Å². The average Bonchev–Trinajstić information content (AvgIpc) is 2.33. The van der Waals surface area contributed by atoms with Gasteiger partial charge in [-0.25, -0.2) is 0 Å². The predicted octanol–water partition coefficient (Wildman–Crippen LogP) is 2.73. The van der Waals surface area contributed by atoms with Crippen LogP contribution < -0.4 is 16.4 Å². The quantitative estimate of drug-likeness (QED) is 0.213. The van der Waals surface area contributed by atoms with Gasteiger partial charge in [0.25, 0.3) is 0 Å². The molecule has 0 aliphatic carbocycles. The Balaban J connectivity index is 3.94. The molecule has 0 spiro atoms. The summed E-state index contributed by atoms with van der Waals surface area (Å²) in [7, 11) is 0. The Morgan fingerprint density at radius 1 is 1.32 bits per heavy atom. The highest BCUT2D eigenvalue weighted by atomic mass is 15.0. The number of hydrogen-bond donors (Lipinski definition) is 4. The molecule has 0 saturated carbocycles. The molecule has 0 radical (unpaired) electrons. The third kappa shape index (κ3) is 8.30. The number of allylic oxidation sites excluding steroid dienone is 1. The fourth-order valence-electron chi connectivity index (χ4n) is 1.97. The van der Waals surface area contributed by atoms with E-state index >= 15 is 0 Å². The topological polar surface area (TPSA) is 73.9 Å². The normalized spacial score (nSPS) is 13.4. The Morgan fingerprint density at radius 3 is 2.42 bits per heavy atom. The lowest BCUT2D eigenvalue weighted by atomic mass is 9.93. The Hall–Kier alpha value is -1.45. The summed E-state index contributed by atoms with van der Waals surface area (Å²) in [6, 6.07) is 0.313. The summed E-state index contributed by atoms with van der Waals surface area (Å²) in [5.41, 5.74) is 7.44. The molecule has 2 atom stereocenters. The fraction of sp³-hybridized carbons (Fsp3) is 0.667. The van der Waals surface area contributed by atoms with E-state index in [9.17, 15) is 0 Å². The molecule has 4 heteroatoms. The third-order valence-electron chi connectivity index (χ3n) is 3.32. The molecule has 0 rings (SSSR count). The number of nitrogens with one attached hydrogen (secondary N) is 3. The maximum Gasteiger partial charge on any atom is 0.185 e. The van der Waals surface area contributed by atoms with E-state index in [1.807, 2.05) is 0 Å². The molecule has 0 bridgehead atoms. The van der Waals surface area contributed by atoms with Gasteiger partial charge in [-0.15, -0.1) is 0 Å². The third-order valence-corrected chi connectivity index (χ3v) is 3.32. The second-order valence-corrected chi connectivity index (χ2v) is 5.26. The standard InChI is InChI=1S/C15H30N4/c1-6-12(4)14(11(2)3)19-13(5)9-7-8-10-18-15(16)17/h12,14,19H,2,5-10H2,1,3-4H3,(H4,16,17,18). The second-order valence-electron chi connectivity index (χ2n) is 5.26. The first-order valence-corrected chi connectivity index (χ1v) is 7.06. The zero-order valence-electron chi connectivity index (χ0n) is 12.7. The van der Waals surface area contributed by atoms with E-state index in [1.165, 1.54) is 0 Å². The Kier molecular flexibility index (Phi) is 8.75. The summed E-state index contributed by atoms with van der Waals surface area (Å²) in [5.74, 6) is 0.602. The van der Waals surface area contributed by atoms with Crippen molar-refractivity contribution in [3.63, 3.8) is 0 Å². The lowest BCUT2D eigenvalue weighted by molar-refractivity contribution is 0.429. The Bertz CT molecular complexity index is 309. The van der Waals surface area contributed by atoms with Crippen LogP contribution in [0.15, 0.2) is 24.4 Å². The maximum absolute atomic E-state index is 7.05. The summed E-state index contributed by atoms with van der Waals surface area (Å²) in [6.07, 6.45) is 4.09. The van der Waals surface area contributed by atoms with Gasteiger partial charge in [-0.1, -0.05) is 39.0 Å². The van der Waals surface area contributed by atoms with E-state index in [0.29, 0.717) is 12.0 Å². The SMILES string of the molecule is C=C(CCCCNC(=N)N)NC(C(=C)C)C(C)CC. The first-order valence-electron chi connectivity index (χ1n) is 7.06. The van der Waals surface area contributed by atoms with Crippen molar-refractivity contribution in [3.05, 3.63) is 24.4 Å². The zero-order valence-corrected chi connectivity index (χ0v) is 12.7. The highest BCUT2D eigenvalue weighted by Gasteiger charge is 2.16. The highest BCUT2D eigenvalue weighted by molar-refractivity contribution is 5.74. The van der Waals surface area contributed by atoms with Crippen LogP contribution in [0.25, 0.3) is 0 Å². The minimum atomic E-state index is 0.0380. The van der Waals surface area contributed by atoms with Gasteiger partial charge in [-0.3, -0.25) is 5.41 Å². The molecule has 0 fully saturated rings. The number of hydrogen-bond acceptors (Lipinski definition) is 2. The summed E-state index contributed by atoms with van der Waals surface area (Å²) in [6.45, 7) is 15.4. The van der Waals surface area contributed by atoms with Crippen molar-refractivity contribution in [2.75, 3.05) is 6.54 Å². The van der Waals surface area contributed by atoms with Crippen molar-refractivity contribution in [2.45, 2.75) is 52.5 Å². The van der Waals surface area contributed by atoms with E-state index in [0.717, 1.165) is 43.5 Å². The van der Waals surface area contributed by atoms with Crippen molar-refractivity contribution in [2.24, 2.45) is 11.7 Å². The van der Waals surface area contributed by atoms with Crippen LogP contribution in [0.5, 0.6) is 0 Å². The summed E-state index contributed by atoms with van der Waals surface area (Å²) >= 11 is 0. The first kappa shape index (κ1) is 17.6. The van der Waals surface area contributed by atoms with Gasteiger partial charge in [0.05, 0.1) is 0 Å². The monoisotopic (exact) mass is 266 g/mol. The lowest BCUT2D eigenvalue weighted by Crippen LogP contribution is -2.35. The summed E-state index contributed by atoms with van der Waals surface area (Å²) in [5, 5.41) is 13.3. The van der Waals surface area contributed by atoms with E-state index in [2.05, 4.69) is 44.6 Å². The zero-order chi connectivity index (χ0) is 14.8. The molecule has 0 amide bonds. The number of unbranched alkanes of at least 4 members (excludes halogenated alkanes) is 1. The molecule has 0 aromatic heterocycles. The van der Waals surface area contributed by atoms with Crippen molar-refractivity contribution >= 4 is 5.96 Å². The molecule has 0 aromatic rings. The Labute approximate surface area is 118 Å². The van der Waals surface area contributed by atoms with Crippen LogP contribution in [0.1, 0.15) is 46.5 Å². The molecule has 0 aromatic carbocycles. The van der Waals surface area contributed by atoms with Crippen LogP contribution in [0.2, 0.25) is 0 Å². The van der Waals surface area contributed by atoms with Crippen LogP contribution in [-0.2, 0) is 0 Å². The summed E-state index contributed by atoms with van der Waals surface area (Å²) < 4.78 is 0. The van der Waals surface area contributed by atoms with Gasteiger partial charge in [-0.2, -0.15) is 0 Å². The van der Waals surface area contributed by atoms with Gasteiger partial charge in [0, 0.05) is 18.3 Å². The predicted molar refractivity (Wildman–Crippen MR) is 84.1 cm³/mol. The molecule has 5 N–H and O–H groups in total. The maximum atomic E-state index is 7.05. The molecule has 19 heavy (non-hydrogen) atoms. The van der Waals surface area contributed by atoms with E-state index < -0.39 is 0 Å². The van der Waals surface area contributed by atoms with Crippen LogP contribution in [-0.4, -0.2) is 18.5 Å². The second kappa shape index (κ2) is 9.48. The number of rotatable bonds is 10. The van der Waals surface area contributed by atoms with E-state index in [4.69, 9.17) is 11.1 Å². The molecule has 110 valence electrons. The smallest absolute Gasteiger partial charge is 0.185 e. The van der Waals surface area contributed by atoms with E-state index in [-0.39, 0.29) is 5.96 Å². The molecular formula is C15H30N4. The number of nitrogens with two attached hydrogens (primary N) is 1. The van der Waals surface area contributed by atoms with Crippen LogP contribution in [0.3, 0.4) is 0 Å². The first-order chi connectivity index (χ1) is 8.88. The lowest BCUT2D eigenvalue weighted by Gasteiger charge is -2.27. The molecule has 4 nitrogen and oxygen atoms in total. The molecule has 0 aliphatic heterocycles. The van der Waals surface area contributed by atoms with Crippen LogP contribution >= 0.6 is 0 Å². The van der Waals surface area contributed by atoms with Crippen LogP contribution in [0.4, 0.5) is 0 Å². The molecule has 0 aliphatic rings. The molecule has 0 heterocycles. The van der Waals surface area contributed by atoms with Crippen molar-refractivity contribution in [3.8, 4) is 0 Å². The van der Waals surface area contributed by atoms with Gasteiger partial charge >= 0.3 is 0 Å². The van der Waals surface area contributed by atoms with Gasteiger partial charge in [0.15, 0.2) is 5.96 Å². The van der Waals surface area contributed by atoms with Crippen molar-refractivity contribution in [1.29, 1.82) is 5.41 Å². The van der Waals surface area contributed by atoms with Gasteiger partial charge in [0.2, 0.25) is 0 Å². The molecular weight excluding hydrogens is 236 g/mol.